The predicted molar refractivity (Wildman–Crippen MR) is 118 cm³/mol. The molecule has 9 nitrogen and oxygen atoms in total. The fourth-order valence-corrected chi connectivity index (χ4v) is 5.18. The Labute approximate surface area is 182 Å². The third kappa shape index (κ3) is 5.67. The van der Waals surface area contributed by atoms with E-state index in [2.05, 4.69) is 14.4 Å². The van der Waals surface area contributed by atoms with Gasteiger partial charge in [-0.3, -0.25) is 14.4 Å². The zero-order valence-corrected chi connectivity index (χ0v) is 18.9. The molecule has 1 aliphatic heterocycles. The van der Waals surface area contributed by atoms with Gasteiger partial charge in [0.25, 0.3) is 20.0 Å². The van der Waals surface area contributed by atoms with Crippen molar-refractivity contribution in [3.05, 3.63) is 42.5 Å². The molecule has 2 aromatic rings. The minimum absolute atomic E-state index is 0.0360. The molecule has 0 aromatic heterocycles. The second-order valence-electron chi connectivity index (χ2n) is 6.65. The SMILES string of the molecule is CCOc1ccc(S(=O)(=O)Nc2cccc(S(=O)(=O)NC3=NCCC3)c2)cc1OCC. The summed E-state index contributed by atoms with van der Waals surface area (Å²) in [4.78, 5) is 4.00. The summed E-state index contributed by atoms with van der Waals surface area (Å²) in [6.07, 6.45) is 1.36. The molecule has 1 heterocycles. The minimum Gasteiger partial charge on any atom is -0.490 e. The molecule has 0 spiro atoms. The predicted octanol–water partition coefficient (Wildman–Crippen LogP) is 2.76. The summed E-state index contributed by atoms with van der Waals surface area (Å²) in [5.41, 5.74) is 0.114. The molecule has 168 valence electrons. The zero-order valence-electron chi connectivity index (χ0n) is 17.3. The van der Waals surface area contributed by atoms with Gasteiger partial charge in [0, 0.05) is 19.0 Å². The number of sulfonamides is 2. The largest absolute Gasteiger partial charge is 0.490 e. The van der Waals surface area contributed by atoms with Crippen molar-refractivity contribution in [1.29, 1.82) is 0 Å². The van der Waals surface area contributed by atoms with E-state index >= 15 is 0 Å². The lowest BCUT2D eigenvalue weighted by Gasteiger charge is -2.14. The molecule has 1 aliphatic rings. The Morgan fingerprint density at radius 2 is 1.55 bits per heavy atom. The molecule has 0 amide bonds. The second kappa shape index (κ2) is 9.56. The number of amidine groups is 1. The highest BCUT2D eigenvalue weighted by Gasteiger charge is 2.21. The molecule has 11 heteroatoms. The van der Waals surface area contributed by atoms with E-state index in [1.165, 1.54) is 42.5 Å². The maximum absolute atomic E-state index is 12.9. The summed E-state index contributed by atoms with van der Waals surface area (Å²) in [6.45, 7) is 4.94. The van der Waals surface area contributed by atoms with Crippen LogP contribution in [0.25, 0.3) is 0 Å². The number of hydrogen-bond donors (Lipinski definition) is 2. The van der Waals surface area contributed by atoms with Crippen LogP contribution in [0.2, 0.25) is 0 Å². The van der Waals surface area contributed by atoms with Crippen molar-refractivity contribution in [2.45, 2.75) is 36.5 Å². The van der Waals surface area contributed by atoms with E-state index in [1.54, 1.807) is 6.92 Å². The topological polar surface area (TPSA) is 123 Å². The summed E-state index contributed by atoms with van der Waals surface area (Å²) in [5, 5.41) is 0. The Morgan fingerprint density at radius 3 is 2.23 bits per heavy atom. The summed E-state index contributed by atoms with van der Waals surface area (Å²) in [7, 11) is -7.86. The molecular formula is C20H25N3O6S2. The van der Waals surface area contributed by atoms with Crippen LogP contribution < -0.4 is 18.9 Å². The Balaban J connectivity index is 1.85. The van der Waals surface area contributed by atoms with Crippen molar-refractivity contribution >= 4 is 31.6 Å². The van der Waals surface area contributed by atoms with Crippen LogP contribution >= 0.6 is 0 Å². The first kappa shape index (κ1) is 22.9. The van der Waals surface area contributed by atoms with Crippen LogP contribution in [0, 0.1) is 0 Å². The van der Waals surface area contributed by atoms with Crippen LogP contribution in [-0.2, 0) is 20.0 Å². The normalized spacial score (nSPS) is 14.1. The van der Waals surface area contributed by atoms with Gasteiger partial charge in [-0.05, 0) is 50.6 Å². The Bertz CT molecular complexity index is 1180. The molecule has 0 unspecified atom stereocenters. The summed E-state index contributed by atoms with van der Waals surface area (Å²) >= 11 is 0. The van der Waals surface area contributed by atoms with E-state index in [9.17, 15) is 16.8 Å². The molecule has 0 aliphatic carbocycles. The van der Waals surface area contributed by atoms with Gasteiger partial charge in [0.05, 0.1) is 28.7 Å². The lowest BCUT2D eigenvalue weighted by Crippen LogP contribution is -2.29. The standard InChI is InChI=1S/C20H25N3O6S2/c1-3-28-18-11-10-17(14-19(18)29-4-2)30(24,25)22-15-7-5-8-16(13-15)31(26,27)23-20-9-6-12-21-20/h5,7-8,10-11,13-14,22H,3-4,6,9,12H2,1-2H3,(H,21,23). The fourth-order valence-electron chi connectivity index (χ4n) is 2.98. The number of benzene rings is 2. The van der Waals surface area contributed by atoms with Crippen LogP contribution in [0.4, 0.5) is 5.69 Å². The average Bonchev–Trinajstić information content (AvgIpc) is 3.22. The molecule has 0 atom stereocenters. The number of anilines is 1. The summed E-state index contributed by atoms with van der Waals surface area (Å²) in [6, 6.07) is 9.88. The van der Waals surface area contributed by atoms with Crippen LogP contribution in [0.15, 0.2) is 57.2 Å². The van der Waals surface area contributed by atoms with Crippen LogP contribution in [-0.4, -0.2) is 42.4 Å². The minimum atomic E-state index is -3.99. The number of rotatable bonds is 9. The van der Waals surface area contributed by atoms with Crippen molar-refractivity contribution in [1.82, 2.24) is 4.72 Å². The van der Waals surface area contributed by atoms with Gasteiger partial charge in [-0.1, -0.05) is 6.07 Å². The molecule has 2 N–H and O–H groups in total. The smallest absolute Gasteiger partial charge is 0.262 e. The lowest BCUT2D eigenvalue weighted by atomic mass is 10.3. The highest BCUT2D eigenvalue weighted by atomic mass is 32.2. The summed E-state index contributed by atoms with van der Waals surface area (Å²) in [5.74, 6) is 1.16. The van der Waals surface area contributed by atoms with Gasteiger partial charge in [-0.15, -0.1) is 0 Å². The van der Waals surface area contributed by atoms with Crippen molar-refractivity contribution in [3.63, 3.8) is 0 Å². The van der Waals surface area contributed by atoms with Gasteiger partial charge in [-0.25, -0.2) is 16.8 Å². The van der Waals surface area contributed by atoms with Crippen LogP contribution in [0.5, 0.6) is 11.5 Å². The average molecular weight is 468 g/mol. The maximum Gasteiger partial charge on any atom is 0.262 e. The van der Waals surface area contributed by atoms with E-state index < -0.39 is 20.0 Å². The molecule has 31 heavy (non-hydrogen) atoms. The zero-order chi connectivity index (χ0) is 22.5. The van der Waals surface area contributed by atoms with Gasteiger partial charge in [0.2, 0.25) is 0 Å². The molecule has 3 rings (SSSR count). The fraction of sp³-hybridized carbons (Fsp3) is 0.350. The number of ether oxygens (including phenoxy) is 2. The second-order valence-corrected chi connectivity index (χ2v) is 10.0. The van der Waals surface area contributed by atoms with Crippen molar-refractivity contribution in [2.24, 2.45) is 4.99 Å². The molecule has 0 bridgehead atoms. The molecule has 2 aromatic carbocycles. The highest BCUT2D eigenvalue weighted by molar-refractivity contribution is 7.92. The molecule has 0 radical (unpaired) electrons. The third-order valence-corrected chi connectivity index (χ3v) is 7.11. The number of hydrogen-bond acceptors (Lipinski definition) is 7. The Hall–Kier alpha value is -2.79. The maximum atomic E-state index is 12.9. The number of nitrogens with one attached hydrogen (secondary N) is 2. The Kier molecular flexibility index (Phi) is 7.06. The van der Waals surface area contributed by atoms with E-state index in [0.29, 0.717) is 43.5 Å². The van der Waals surface area contributed by atoms with E-state index in [1.807, 2.05) is 6.92 Å². The van der Waals surface area contributed by atoms with Gasteiger partial charge in [0.15, 0.2) is 11.5 Å². The monoisotopic (exact) mass is 467 g/mol. The van der Waals surface area contributed by atoms with Gasteiger partial charge in [-0.2, -0.15) is 0 Å². The third-order valence-electron chi connectivity index (χ3n) is 4.35. The first-order valence-corrected chi connectivity index (χ1v) is 12.8. The van der Waals surface area contributed by atoms with Crippen LogP contribution in [0.1, 0.15) is 26.7 Å². The lowest BCUT2D eigenvalue weighted by molar-refractivity contribution is 0.287. The van der Waals surface area contributed by atoms with Gasteiger partial charge >= 0.3 is 0 Å². The first-order chi connectivity index (χ1) is 14.7. The molecular weight excluding hydrogens is 442 g/mol. The van der Waals surface area contributed by atoms with Crippen molar-refractivity contribution < 1.29 is 26.3 Å². The van der Waals surface area contributed by atoms with E-state index in [4.69, 9.17) is 9.47 Å². The van der Waals surface area contributed by atoms with Crippen molar-refractivity contribution in [2.75, 3.05) is 24.5 Å². The first-order valence-electron chi connectivity index (χ1n) is 9.84. The van der Waals surface area contributed by atoms with Crippen molar-refractivity contribution in [3.8, 4) is 11.5 Å². The van der Waals surface area contributed by atoms with E-state index in [0.717, 1.165) is 6.42 Å². The Morgan fingerprint density at radius 1 is 0.871 bits per heavy atom. The quantitative estimate of drug-likeness (QED) is 0.585. The van der Waals surface area contributed by atoms with Gasteiger partial charge < -0.3 is 9.47 Å². The molecule has 0 fully saturated rings. The molecule has 0 saturated carbocycles. The molecule has 0 saturated heterocycles. The number of nitrogens with zero attached hydrogens (tertiary/aromatic N) is 1. The summed E-state index contributed by atoms with van der Waals surface area (Å²) < 4.78 is 66.7. The van der Waals surface area contributed by atoms with E-state index in [-0.39, 0.29) is 15.5 Å². The number of aliphatic imine (C=N–C) groups is 1. The van der Waals surface area contributed by atoms with Gasteiger partial charge in [0.1, 0.15) is 5.84 Å². The highest BCUT2D eigenvalue weighted by Crippen LogP contribution is 2.31. The van der Waals surface area contributed by atoms with Crippen LogP contribution in [0.3, 0.4) is 0 Å².